The van der Waals surface area contributed by atoms with E-state index < -0.39 is 18.0 Å². The van der Waals surface area contributed by atoms with Gasteiger partial charge in [-0.15, -0.1) is 0 Å². The smallest absolute Gasteiger partial charge is 0.320 e. The molecule has 0 rings (SSSR count). The SMILES string of the molecule is NCCC(=O)O.NCCCC(N)C(=O)O. The second kappa shape index (κ2) is 10.9. The molecule has 0 saturated heterocycles. The summed E-state index contributed by atoms with van der Waals surface area (Å²) >= 11 is 0. The first kappa shape index (κ1) is 16.3. The van der Waals surface area contributed by atoms with Gasteiger partial charge in [0.1, 0.15) is 6.04 Å². The first-order valence-electron chi connectivity index (χ1n) is 4.56. The molecule has 0 saturated carbocycles. The van der Waals surface area contributed by atoms with Crippen LogP contribution in [0.15, 0.2) is 0 Å². The van der Waals surface area contributed by atoms with E-state index in [9.17, 15) is 9.59 Å². The van der Waals surface area contributed by atoms with Crippen LogP contribution >= 0.6 is 0 Å². The Kier molecular flexibility index (Phi) is 11.8. The number of hydrogen-bond donors (Lipinski definition) is 5. The number of carboxylic acids is 2. The molecule has 0 heterocycles. The minimum Gasteiger partial charge on any atom is -0.481 e. The lowest BCUT2D eigenvalue weighted by atomic mass is 10.2. The Hall–Kier alpha value is -1.18. The van der Waals surface area contributed by atoms with Crippen LogP contribution in [0.2, 0.25) is 0 Å². The second-order valence-corrected chi connectivity index (χ2v) is 2.81. The molecule has 0 aromatic rings. The van der Waals surface area contributed by atoms with Crippen molar-refractivity contribution in [2.45, 2.75) is 25.3 Å². The van der Waals surface area contributed by atoms with Crippen LogP contribution in [0.1, 0.15) is 19.3 Å². The van der Waals surface area contributed by atoms with Crippen molar-refractivity contribution >= 4 is 11.9 Å². The maximum atomic E-state index is 10.0. The molecule has 0 aliphatic heterocycles. The fraction of sp³-hybridized carbons (Fsp3) is 0.750. The third kappa shape index (κ3) is 15.6. The summed E-state index contributed by atoms with van der Waals surface area (Å²) in [5.74, 6) is -1.79. The zero-order valence-electron chi connectivity index (χ0n) is 8.56. The van der Waals surface area contributed by atoms with Gasteiger partial charge in [-0.05, 0) is 19.4 Å². The molecule has 0 fully saturated rings. The second-order valence-electron chi connectivity index (χ2n) is 2.81. The Balaban J connectivity index is 0. The van der Waals surface area contributed by atoms with Gasteiger partial charge in [-0.3, -0.25) is 9.59 Å². The van der Waals surface area contributed by atoms with Gasteiger partial charge in [-0.1, -0.05) is 0 Å². The van der Waals surface area contributed by atoms with E-state index in [4.69, 9.17) is 27.4 Å². The van der Waals surface area contributed by atoms with E-state index in [-0.39, 0.29) is 13.0 Å². The Morgan fingerprint density at radius 2 is 1.67 bits per heavy atom. The lowest BCUT2D eigenvalue weighted by molar-refractivity contribution is -0.139. The lowest BCUT2D eigenvalue weighted by Gasteiger charge is -2.02. The van der Waals surface area contributed by atoms with Gasteiger partial charge in [0.15, 0.2) is 0 Å². The average Bonchev–Trinajstić information content (AvgIpc) is 2.14. The van der Waals surface area contributed by atoms with Gasteiger partial charge < -0.3 is 27.4 Å². The number of carbonyl (C=O) groups is 2. The minimum atomic E-state index is -0.955. The van der Waals surface area contributed by atoms with Gasteiger partial charge in [0.25, 0.3) is 0 Å². The zero-order valence-corrected chi connectivity index (χ0v) is 8.56. The van der Waals surface area contributed by atoms with Crippen LogP contribution in [0.4, 0.5) is 0 Å². The van der Waals surface area contributed by atoms with Crippen LogP contribution < -0.4 is 17.2 Å². The third-order valence-electron chi connectivity index (χ3n) is 1.39. The molecule has 1 unspecified atom stereocenters. The van der Waals surface area contributed by atoms with Crippen molar-refractivity contribution in [2.75, 3.05) is 13.1 Å². The van der Waals surface area contributed by atoms with Crippen molar-refractivity contribution in [2.24, 2.45) is 17.2 Å². The molecule has 90 valence electrons. The van der Waals surface area contributed by atoms with Gasteiger partial charge in [0, 0.05) is 6.54 Å². The molecule has 0 amide bonds. The number of rotatable bonds is 6. The number of aliphatic carboxylic acids is 2. The van der Waals surface area contributed by atoms with Crippen molar-refractivity contribution in [1.82, 2.24) is 0 Å². The van der Waals surface area contributed by atoms with Crippen LogP contribution in [0.5, 0.6) is 0 Å². The van der Waals surface area contributed by atoms with Crippen LogP contribution in [-0.4, -0.2) is 41.3 Å². The highest BCUT2D eigenvalue weighted by Gasteiger charge is 2.08. The van der Waals surface area contributed by atoms with E-state index in [2.05, 4.69) is 0 Å². The summed E-state index contributed by atoms with van der Waals surface area (Å²) in [5.41, 5.74) is 15.1. The van der Waals surface area contributed by atoms with Gasteiger partial charge in [0.05, 0.1) is 6.42 Å². The predicted octanol–water partition coefficient (Wildman–Crippen LogP) is -1.44. The van der Waals surface area contributed by atoms with E-state index in [1.165, 1.54) is 0 Å². The maximum Gasteiger partial charge on any atom is 0.320 e. The van der Waals surface area contributed by atoms with Gasteiger partial charge in [-0.25, -0.2) is 0 Å². The molecular formula is C8H19N3O4. The summed E-state index contributed by atoms with van der Waals surface area (Å²) in [7, 11) is 0. The molecule has 7 nitrogen and oxygen atoms in total. The Labute approximate surface area is 88.2 Å². The predicted molar refractivity (Wildman–Crippen MR) is 55.2 cm³/mol. The molecule has 0 aliphatic rings. The largest absolute Gasteiger partial charge is 0.481 e. The minimum absolute atomic E-state index is 0.0694. The molecule has 15 heavy (non-hydrogen) atoms. The van der Waals surface area contributed by atoms with E-state index in [1.54, 1.807) is 0 Å². The Bertz CT molecular complexity index is 187. The first-order valence-corrected chi connectivity index (χ1v) is 4.56. The standard InChI is InChI=1S/C5H12N2O2.C3H7NO2/c6-3-1-2-4(7)5(8)9;4-2-1-3(5)6/h4H,1-3,6-7H2,(H,8,9);1-2,4H2,(H,5,6). The monoisotopic (exact) mass is 221 g/mol. The van der Waals surface area contributed by atoms with E-state index in [1.807, 2.05) is 0 Å². The van der Waals surface area contributed by atoms with Crippen LogP contribution in [0, 0.1) is 0 Å². The highest BCUT2D eigenvalue weighted by molar-refractivity contribution is 5.72. The highest BCUT2D eigenvalue weighted by Crippen LogP contribution is 1.91. The molecule has 0 aromatic heterocycles. The van der Waals surface area contributed by atoms with Crippen molar-refractivity contribution in [3.63, 3.8) is 0 Å². The van der Waals surface area contributed by atoms with Crippen LogP contribution in [0.25, 0.3) is 0 Å². The Morgan fingerprint density at radius 1 is 1.13 bits per heavy atom. The first-order chi connectivity index (χ1) is 6.95. The molecule has 1 atom stereocenters. The number of hydrogen-bond acceptors (Lipinski definition) is 5. The molecule has 0 bridgehead atoms. The molecule has 0 aliphatic carbocycles. The maximum absolute atomic E-state index is 10.0. The van der Waals surface area contributed by atoms with Crippen LogP contribution in [-0.2, 0) is 9.59 Å². The summed E-state index contributed by atoms with van der Waals surface area (Å²) in [6, 6.07) is -0.742. The molecule has 8 N–H and O–H groups in total. The lowest BCUT2D eigenvalue weighted by Crippen LogP contribution is -2.30. The van der Waals surface area contributed by atoms with Crippen molar-refractivity contribution in [1.29, 1.82) is 0 Å². The summed E-state index contributed by atoms with van der Waals surface area (Å²) in [6.45, 7) is 0.732. The summed E-state index contributed by atoms with van der Waals surface area (Å²) in [4.78, 5) is 19.6. The fourth-order valence-corrected chi connectivity index (χ4v) is 0.585. The van der Waals surface area contributed by atoms with Crippen molar-refractivity contribution < 1.29 is 19.8 Å². The fourth-order valence-electron chi connectivity index (χ4n) is 0.585. The molecule has 0 aromatic carbocycles. The van der Waals surface area contributed by atoms with Crippen molar-refractivity contribution in [3.8, 4) is 0 Å². The summed E-state index contributed by atoms with van der Waals surface area (Å²) in [6.07, 6.45) is 1.21. The topological polar surface area (TPSA) is 153 Å². The molecule has 0 spiro atoms. The van der Waals surface area contributed by atoms with E-state index in [0.717, 1.165) is 0 Å². The third-order valence-corrected chi connectivity index (χ3v) is 1.39. The molecule has 0 radical (unpaired) electrons. The number of nitrogens with two attached hydrogens (primary N) is 3. The summed E-state index contributed by atoms with van der Waals surface area (Å²) in [5, 5.41) is 16.1. The molecular weight excluding hydrogens is 202 g/mol. The quantitative estimate of drug-likeness (QED) is 0.368. The highest BCUT2D eigenvalue weighted by atomic mass is 16.4. The molecule has 7 heteroatoms. The van der Waals surface area contributed by atoms with Crippen molar-refractivity contribution in [3.05, 3.63) is 0 Å². The Morgan fingerprint density at radius 3 is 1.87 bits per heavy atom. The van der Waals surface area contributed by atoms with Gasteiger partial charge >= 0.3 is 11.9 Å². The van der Waals surface area contributed by atoms with Gasteiger partial charge in [0.2, 0.25) is 0 Å². The van der Waals surface area contributed by atoms with Gasteiger partial charge in [-0.2, -0.15) is 0 Å². The number of carboxylic acid groups (broad SMARTS) is 2. The zero-order chi connectivity index (χ0) is 12.3. The average molecular weight is 221 g/mol. The summed E-state index contributed by atoms with van der Waals surface area (Å²) < 4.78 is 0. The van der Waals surface area contributed by atoms with E-state index >= 15 is 0 Å². The normalized spacial score (nSPS) is 11.1. The van der Waals surface area contributed by atoms with E-state index in [0.29, 0.717) is 19.4 Å². The van der Waals surface area contributed by atoms with Crippen LogP contribution in [0.3, 0.4) is 0 Å².